The molecule has 0 spiro atoms. The van der Waals surface area contributed by atoms with E-state index in [1.165, 1.54) is 6.07 Å². The summed E-state index contributed by atoms with van der Waals surface area (Å²) in [5, 5.41) is 14.3. The van der Waals surface area contributed by atoms with Crippen molar-refractivity contribution >= 4 is 16.6 Å². The van der Waals surface area contributed by atoms with Gasteiger partial charge in [-0.1, -0.05) is 30.3 Å². The molecule has 3 nitrogen and oxygen atoms in total. The van der Waals surface area contributed by atoms with Crippen molar-refractivity contribution in [1.82, 2.24) is 5.32 Å². The first-order valence-corrected chi connectivity index (χ1v) is 7.62. The first-order chi connectivity index (χ1) is 11.4. The summed E-state index contributed by atoms with van der Waals surface area (Å²) >= 11 is 0. The second-order valence-corrected chi connectivity index (χ2v) is 5.90. The van der Waals surface area contributed by atoms with Gasteiger partial charge < -0.3 is 10.4 Å². The summed E-state index contributed by atoms with van der Waals surface area (Å²) in [7, 11) is 0. The van der Waals surface area contributed by atoms with Crippen LogP contribution in [0.5, 0.6) is 5.75 Å². The van der Waals surface area contributed by atoms with E-state index in [4.69, 9.17) is 0 Å². The Labute approximate surface area is 136 Å². The second kappa shape index (κ2) is 6.19. The highest BCUT2D eigenvalue weighted by molar-refractivity contribution is 6.01. The number of hydrogen-bond acceptors (Lipinski definition) is 3. The fourth-order valence-corrected chi connectivity index (χ4v) is 2.55. The highest BCUT2D eigenvalue weighted by Gasteiger charge is 2.41. The molecule has 0 saturated heterocycles. The van der Waals surface area contributed by atoms with E-state index in [0.29, 0.717) is 10.9 Å². The molecular formula is C18H16F3NO2. The maximum atomic E-state index is 12.9. The third-order valence-electron chi connectivity index (χ3n) is 4.00. The fourth-order valence-electron chi connectivity index (χ4n) is 2.55. The standard InChI is InChI=1S/C18H16F3NO2/c19-18(20,21)17(24)12(10-22-13-6-7-13)9-15-14-4-2-1-3-11(14)5-8-16(15)23/h1-5,8,10,13,22-23H,6-7,9H2/b12-10+. The highest BCUT2D eigenvalue weighted by atomic mass is 19.4. The number of halogens is 3. The number of aromatic hydroxyl groups is 1. The van der Waals surface area contributed by atoms with Gasteiger partial charge in [0.1, 0.15) is 5.75 Å². The maximum Gasteiger partial charge on any atom is 0.454 e. The number of rotatable bonds is 5. The predicted molar refractivity (Wildman–Crippen MR) is 84.6 cm³/mol. The Balaban J connectivity index is 1.99. The van der Waals surface area contributed by atoms with Crippen LogP contribution in [0.25, 0.3) is 10.8 Å². The molecule has 2 aromatic rings. The minimum Gasteiger partial charge on any atom is -0.508 e. The van der Waals surface area contributed by atoms with Crippen molar-refractivity contribution in [3.63, 3.8) is 0 Å². The molecule has 6 heteroatoms. The summed E-state index contributed by atoms with van der Waals surface area (Å²) in [6.45, 7) is 0. The number of benzene rings is 2. The summed E-state index contributed by atoms with van der Waals surface area (Å²) in [6.07, 6.45) is -2.33. The van der Waals surface area contributed by atoms with Crippen LogP contribution in [0.3, 0.4) is 0 Å². The van der Waals surface area contributed by atoms with Crippen molar-refractivity contribution in [2.75, 3.05) is 0 Å². The van der Waals surface area contributed by atoms with E-state index in [0.717, 1.165) is 24.4 Å². The Morgan fingerprint density at radius 3 is 2.58 bits per heavy atom. The zero-order chi connectivity index (χ0) is 17.3. The summed E-state index contributed by atoms with van der Waals surface area (Å²) in [6, 6.07) is 10.3. The fraction of sp³-hybridized carbons (Fsp3) is 0.278. The molecule has 0 aromatic heterocycles. The Bertz CT molecular complexity index is 808. The maximum absolute atomic E-state index is 12.9. The number of carbonyl (C=O) groups excluding carboxylic acids is 1. The lowest BCUT2D eigenvalue weighted by Crippen LogP contribution is -2.27. The number of fused-ring (bicyclic) bond motifs is 1. The van der Waals surface area contributed by atoms with Crippen molar-refractivity contribution in [1.29, 1.82) is 0 Å². The van der Waals surface area contributed by atoms with Crippen molar-refractivity contribution < 1.29 is 23.1 Å². The molecule has 0 bridgehead atoms. The van der Waals surface area contributed by atoms with E-state index < -0.39 is 17.5 Å². The van der Waals surface area contributed by atoms with Gasteiger partial charge in [0.15, 0.2) is 0 Å². The number of hydrogen-bond donors (Lipinski definition) is 2. The summed E-state index contributed by atoms with van der Waals surface area (Å²) in [4.78, 5) is 11.7. The van der Waals surface area contributed by atoms with E-state index in [2.05, 4.69) is 5.32 Å². The first kappa shape index (κ1) is 16.4. The number of Topliss-reactive ketones (excluding diaryl/α,β-unsaturated/α-hetero) is 1. The molecule has 126 valence electrons. The largest absolute Gasteiger partial charge is 0.508 e. The smallest absolute Gasteiger partial charge is 0.454 e. The average Bonchev–Trinajstić information content (AvgIpc) is 3.36. The van der Waals surface area contributed by atoms with Crippen molar-refractivity contribution in [2.24, 2.45) is 0 Å². The molecular weight excluding hydrogens is 319 g/mol. The van der Waals surface area contributed by atoms with Gasteiger partial charge in [0.05, 0.1) is 0 Å². The molecule has 1 aliphatic rings. The van der Waals surface area contributed by atoms with Gasteiger partial charge >= 0.3 is 6.18 Å². The number of nitrogens with one attached hydrogen (secondary N) is 1. The Morgan fingerprint density at radius 2 is 1.92 bits per heavy atom. The quantitative estimate of drug-likeness (QED) is 0.816. The van der Waals surface area contributed by atoms with E-state index in [1.807, 2.05) is 0 Å². The Morgan fingerprint density at radius 1 is 1.21 bits per heavy atom. The average molecular weight is 335 g/mol. The number of alkyl halides is 3. The minimum absolute atomic E-state index is 0.124. The molecule has 0 aliphatic heterocycles. The van der Waals surface area contributed by atoms with Crippen molar-refractivity contribution in [3.05, 3.63) is 53.7 Å². The molecule has 0 unspecified atom stereocenters. The van der Waals surface area contributed by atoms with E-state index in [-0.39, 0.29) is 18.2 Å². The van der Waals surface area contributed by atoms with E-state index in [9.17, 15) is 23.1 Å². The van der Waals surface area contributed by atoms with Crippen LogP contribution in [0.4, 0.5) is 13.2 Å². The van der Waals surface area contributed by atoms with Crippen LogP contribution in [-0.2, 0) is 11.2 Å². The zero-order valence-electron chi connectivity index (χ0n) is 12.7. The van der Waals surface area contributed by atoms with Gasteiger partial charge in [-0.25, -0.2) is 0 Å². The molecule has 0 atom stereocenters. The molecule has 2 N–H and O–H groups in total. The molecule has 0 amide bonds. The van der Waals surface area contributed by atoms with Crippen molar-refractivity contribution in [2.45, 2.75) is 31.5 Å². The van der Waals surface area contributed by atoms with Crippen LogP contribution in [0.1, 0.15) is 18.4 Å². The van der Waals surface area contributed by atoms with Gasteiger partial charge in [0.2, 0.25) is 0 Å². The topological polar surface area (TPSA) is 49.3 Å². The summed E-state index contributed by atoms with van der Waals surface area (Å²) in [5.41, 5.74) is -0.0874. The zero-order valence-corrected chi connectivity index (χ0v) is 12.7. The van der Waals surface area contributed by atoms with Crippen LogP contribution in [0.2, 0.25) is 0 Å². The Kier molecular flexibility index (Phi) is 4.22. The summed E-state index contributed by atoms with van der Waals surface area (Å²) < 4.78 is 38.6. The van der Waals surface area contributed by atoms with Gasteiger partial charge in [0, 0.05) is 29.8 Å². The summed E-state index contributed by atoms with van der Waals surface area (Å²) in [5.74, 6) is -2.01. The Hall–Kier alpha value is -2.50. The lowest BCUT2D eigenvalue weighted by Gasteiger charge is -2.13. The van der Waals surface area contributed by atoms with Crippen molar-refractivity contribution in [3.8, 4) is 5.75 Å². The highest BCUT2D eigenvalue weighted by Crippen LogP contribution is 2.31. The van der Waals surface area contributed by atoms with Crippen LogP contribution in [-0.4, -0.2) is 23.1 Å². The lowest BCUT2D eigenvalue weighted by atomic mass is 9.96. The number of carbonyl (C=O) groups is 1. The monoisotopic (exact) mass is 335 g/mol. The molecule has 0 heterocycles. The number of ketones is 1. The molecule has 3 rings (SSSR count). The number of allylic oxidation sites excluding steroid dienone is 1. The third kappa shape index (κ3) is 3.53. The van der Waals surface area contributed by atoms with Crippen LogP contribution in [0, 0.1) is 0 Å². The van der Waals surface area contributed by atoms with E-state index in [1.54, 1.807) is 30.3 Å². The number of phenolic OH excluding ortho intramolecular Hbond substituents is 1. The van der Waals surface area contributed by atoms with Gasteiger partial charge in [-0.05, 0) is 29.7 Å². The third-order valence-corrected chi connectivity index (χ3v) is 4.00. The van der Waals surface area contributed by atoms with Gasteiger partial charge in [0.25, 0.3) is 5.78 Å². The molecule has 2 aromatic carbocycles. The van der Waals surface area contributed by atoms with E-state index >= 15 is 0 Å². The predicted octanol–water partition coefficient (Wildman–Crippen LogP) is 3.86. The molecule has 1 saturated carbocycles. The van der Waals surface area contributed by atoms with Gasteiger partial charge in [-0.3, -0.25) is 4.79 Å². The minimum atomic E-state index is -4.95. The van der Waals surface area contributed by atoms with Crippen LogP contribution < -0.4 is 5.32 Å². The SMILES string of the molecule is O=C(/C(=C/NC1CC1)Cc1c(O)ccc2ccccc12)C(F)(F)F. The molecule has 1 fully saturated rings. The normalized spacial score (nSPS) is 15.5. The van der Waals surface area contributed by atoms with Gasteiger partial charge in [-0.15, -0.1) is 0 Å². The molecule has 0 radical (unpaired) electrons. The lowest BCUT2D eigenvalue weighted by molar-refractivity contribution is -0.166. The first-order valence-electron chi connectivity index (χ1n) is 7.62. The molecule has 24 heavy (non-hydrogen) atoms. The number of phenols is 1. The van der Waals surface area contributed by atoms with Crippen LogP contribution in [0.15, 0.2) is 48.2 Å². The van der Waals surface area contributed by atoms with Crippen LogP contribution >= 0.6 is 0 Å². The second-order valence-electron chi connectivity index (χ2n) is 5.90. The molecule has 1 aliphatic carbocycles. The van der Waals surface area contributed by atoms with Gasteiger partial charge in [-0.2, -0.15) is 13.2 Å².